The second-order valence-electron chi connectivity index (χ2n) is 5.44. The maximum Gasteiger partial charge on any atom is -0.00664 e. The molecule has 0 bridgehead atoms. The summed E-state index contributed by atoms with van der Waals surface area (Å²) in [5.74, 6) is 2.10. The number of hydrogen-bond acceptors (Lipinski definition) is 0. The van der Waals surface area contributed by atoms with Gasteiger partial charge in [-0.05, 0) is 48.9 Å². The van der Waals surface area contributed by atoms with Crippen LogP contribution in [0, 0.1) is 11.8 Å². The summed E-state index contributed by atoms with van der Waals surface area (Å²) in [4.78, 5) is 0. The van der Waals surface area contributed by atoms with Gasteiger partial charge in [0.25, 0.3) is 0 Å². The number of fused-ring (bicyclic) bond motifs is 1. The molecule has 0 spiro atoms. The standard InChI is InChI=1S/C17H17P/c1-3-7-13(8-4-1)18(14-9-5-2-6-10-14)17-15-11-12-16(15)17/h1-10,15-17H,11-12H2/t15-,16+,17?. The van der Waals surface area contributed by atoms with E-state index >= 15 is 0 Å². The summed E-state index contributed by atoms with van der Waals surface area (Å²) in [6.45, 7) is 0. The summed E-state index contributed by atoms with van der Waals surface area (Å²) < 4.78 is 0. The lowest BCUT2D eigenvalue weighted by molar-refractivity contribution is 0.468. The van der Waals surface area contributed by atoms with Gasteiger partial charge in [0, 0.05) is 0 Å². The van der Waals surface area contributed by atoms with E-state index in [1.54, 1.807) is 10.6 Å². The van der Waals surface area contributed by atoms with Crippen molar-refractivity contribution in [1.82, 2.24) is 0 Å². The fourth-order valence-corrected chi connectivity index (χ4v) is 6.75. The summed E-state index contributed by atoms with van der Waals surface area (Å²) in [5, 5.41) is 3.14. The summed E-state index contributed by atoms with van der Waals surface area (Å²) in [6, 6.07) is 22.3. The maximum atomic E-state index is 2.33. The summed E-state index contributed by atoms with van der Waals surface area (Å²) >= 11 is 0. The molecular formula is C17H17P. The highest BCUT2D eigenvalue weighted by Crippen LogP contribution is 2.69. The first-order valence-corrected chi connectivity index (χ1v) is 8.25. The van der Waals surface area contributed by atoms with Gasteiger partial charge in [0.2, 0.25) is 0 Å². The second-order valence-corrected chi connectivity index (χ2v) is 7.81. The molecule has 2 aliphatic carbocycles. The van der Waals surface area contributed by atoms with Crippen molar-refractivity contribution in [3.8, 4) is 0 Å². The van der Waals surface area contributed by atoms with Crippen LogP contribution in [0.3, 0.4) is 0 Å². The molecule has 0 aliphatic heterocycles. The molecule has 18 heavy (non-hydrogen) atoms. The number of benzene rings is 2. The third kappa shape index (κ3) is 1.63. The quantitative estimate of drug-likeness (QED) is 0.733. The van der Waals surface area contributed by atoms with E-state index in [0.29, 0.717) is 0 Å². The Hall–Kier alpha value is -1.13. The van der Waals surface area contributed by atoms with Gasteiger partial charge in [0.15, 0.2) is 0 Å². The molecule has 1 unspecified atom stereocenters. The van der Waals surface area contributed by atoms with Crippen LogP contribution in [0.5, 0.6) is 0 Å². The molecule has 2 aliphatic rings. The predicted octanol–water partition coefficient (Wildman–Crippen LogP) is 3.53. The lowest BCUT2D eigenvalue weighted by Gasteiger charge is -2.18. The number of hydrogen-bond donors (Lipinski definition) is 0. The highest BCUT2D eigenvalue weighted by molar-refractivity contribution is 7.74. The zero-order valence-electron chi connectivity index (χ0n) is 10.4. The molecule has 0 nitrogen and oxygen atoms in total. The molecule has 0 aromatic heterocycles. The molecule has 0 heterocycles. The van der Waals surface area contributed by atoms with Crippen molar-refractivity contribution in [3.05, 3.63) is 60.7 Å². The van der Waals surface area contributed by atoms with Gasteiger partial charge < -0.3 is 0 Å². The van der Waals surface area contributed by atoms with Crippen LogP contribution < -0.4 is 10.6 Å². The summed E-state index contributed by atoms with van der Waals surface area (Å²) in [7, 11) is -0.115. The van der Waals surface area contributed by atoms with Gasteiger partial charge in [-0.2, -0.15) is 0 Å². The molecule has 1 heteroatoms. The average molecular weight is 252 g/mol. The normalized spacial score (nSPS) is 28.6. The van der Waals surface area contributed by atoms with Crippen molar-refractivity contribution in [2.24, 2.45) is 11.8 Å². The van der Waals surface area contributed by atoms with E-state index < -0.39 is 0 Å². The lowest BCUT2D eigenvalue weighted by Crippen LogP contribution is -2.15. The SMILES string of the molecule is c1ccc(P(c2ccccc2)C2[C@H]3CC[C@@H]23)cc1. The Balaban J connectivity index is 1.75. The smallest absolute Gasteiger partial charge is 0.00664 e. The minimum atomic E-state index is -0.115. The molecular weight excluding hydrogens is 235 g/mol. The van der Waals surface area contributed by atoms with Gasteiger partial charge in [0.1, 0.15) is 0 Å². The Morgan fingerprint density at radius 1 is 0.667 bits per heavy atom. The Morgan fingerprint density at radius 2 is 1.11 bits per heavy atom. The van der Waals surface area contributed by atoms with Gasteiger partial charge in [-0.25, -0.2) is 0 Å². The van der Waals surface area contributed by atoms with E-state index in [4.69, 9.17) is 0 Å². The lowest BCUT2D eigenvalue weighted by atomic mass is 10.0. The monoisotopic (exact) mass is 252 g/mol. The molecule has 2 aromatic carbocycles. The van der Waals surface area contributed by atoms with Gasteiger partial charge >= 0.3 is 0 Å². The largest absolute Gasteiger partial charge is 0.0622 e. The zero-order chi connectivity index (χ0) is 11.9. The van der Waals surface area contributed by atoms with Crippen molar-refractivity contribution >= 4 is 18.5 Å². The first-order valence-electron chi connectivity index (χ1n) is 6.84. The van der Waals surface area contributed by atoms with Crippen molar-refractivity contribution in [1.29, 1.82) is 0 Å². The maximum absolute atomic E-state index is 2.33. The Bertz CT molecular complexity index is 485. The molecule has 2 saturated carbocycles. The fraction of sp³-hybridized carbons (Fsp3) is 0.294. The summed E-state index contributed by atoms with van der Waals surface area (Å²) in [6.07, 6.45) is 2.96. The highest BCUT2D eigenvalue weighted by atomic mass is 31.1. The van der Waals surface area contributed by atoms with E-state index in [-0.39, 0.29) is 7.92 Å². The van der Waals surface area contributed by atoms with Crippen LogP contribution in [-0.2, 0) is 0 Å². The molecule has 2 aromatic rings. The minimum absolute atomic E-state index is 0.115. The topological polar surface area (TPSA) is 0 Å². The first kappa shape index (κ1) is 10.8. The highest BCUT2D eigenvalue weighted by Gasteiger charge is 2.59. The van der Waals surface area contributed by atoms with E-state index in [9.17, 15) is 0 Å². The molecule has 3 atom stereocenters. The van der Waals surface area contributed by atoms with Crippen molar-refractivity contribution in [2.45, 2.75) is 18.5 Å². The van der Waals surface area contributed by atoms with E-state index in [0.717, 1.165) is 17.5 Å². The van der Waals surface area contributed by atoms with E-state index in [2.05, 4.69) is 60.7 Å². The van der Waals surface area contributed by atoms with Gasteiger partial charge in [-0.1, -0.05) is 60.7 Å². The minimum Gasteiger partial charge on any atom is -0.0622 e. The third-order valence-electron chi connectivity index (χ3n) is 4.49. The van der Waals surface area contributed by atoms with Gasteiger partial charge in [0.05, 0.1) is 0 Å². The molecule has 0 radical (unpaired) electrons. The average Bonchev–Trinajstić information content (AvgIpc) is 2.92. The zero-order valence-corrected chi connectivity index (χ0v) is 11.3. The van der Waals surface area contributed by atoms with Crippen molar-refractivity contribution in [2.75, 3.05) is 0 Å². The molecule has 0 saturated heterocycles. The van der Waals surface area contributed by atoms with E-state index in [1.807, 2.05) is 0 Å². The molecule has 0 N–H and O–H groups in total. The van der Waals surface area contributed by atoms with Gasteiger partial charge in [-0.3, -0.25) is 0 Å². The van der Waals surface area contributed by atoms with Gasteiger partial charge in [-0.15, -0.1) is 0 Å². The van der Waals surface area contributed by atoms with E-state index in [1.165, 1.54) is 12.8 Å². The van der Waals surface area contributed by atoms with Crippen LogP contribution in [0.4, 0.5) is 0 Å². The predicted molar refractivity (Wildman–Crippen MR) is 79.1 cm³/mol. The second kappa shape index (κ2) is 4.21. The van der Waals surface area contributed by atoms with Crippen LogP contribution in [0.1, 0.15) is 12.8 Å². The summed E-state index contributed by atoms with van der Waals surface area (Å²) in [5.41, 5.74) is 0.977. The Morgan fingerprint density at radius 3 is 1.50 bits per heavy atom. The molecule has 4 rings (SSSR count). The first-order chi connectivity index (χ1) is 8.95. The van der Waals surface area contributed by atoms with Crippen LogP contribution >= 0.6 is 7.92 Å². The molecule has 0 amide bonds. The Labute approximate surface area is 110 Å². The van der Waals surface area contributed by atoms with Crippen LogP contribution in [0.15, 0.2) is 60.7 Å². The fourth-order valence-electron chi connectivity index (χ4n) is 3.37. The Kier molecular flexibility index (Phi) is 2.52. The van der Waals surface area contributed by atoms with Crippen LogP contribution in [0.2, 0.25) is 0 Å². The number of rotatable bonds is 3. The molecule has 90 valence electrons. The van der Waals surface area contributed by atoms with Crippen LogP contribution in [0.25, 0.3) is 0 Å². The third-order valence-corrected chi connectivity index (χ3v) is 7.56. The van der Waals surface area contributed by atoms with Crippen LogP contribution in [-0.4, -0.2) is 5.66 Å². The van der Waals surface area contributed by atoms with Crippen molar-refractivity contribution < 1.29 is 0 Å². The van der Waals surface area contributed by atoms with Crippen molar-refractivity contribution in [3.63, 3.8) is 0 Å². The molecule has 2 fully saturated rings.